The Morgan fingerprint density at radius 1 is 1.44 bits per heavy atom. The third-order valence-electron chi connectivity index (χ3n) is 3.97. The van der Waals surface area contributed by atoms with Crippen molar-refractivity contribution in [2.75, 3.05) is 7.11 Å². The lowest BCUT2D eigenvalue weighted by Gasteiger charge is -2.30. The smallest absolute Gasteiger partial charge is 0.323 e. The molecule has 0 radical (unpaired) electrons. The fourth-order valence-electron chi connectivity index (χ4n) is 2.48. The zero-order chi connectivity index (χ0) is 12.2. The first kappa shape index (κ1) is 13.5. The van der Waals surface area contributed by atoms with E-state index < -0.39 is 6.04 Å². The molecule has 0 bridgehead atoms. The molecular formula is C13H25NO2. The van der Waals surface area contributed by atoms with Crippen LogP contribution in [0, 0.1) is 11.3 Å². The van der Waals surface area contributed by atoms with Crippen molar-refractivity contribution >= 4 is 5.97 Å². The van der Waals surface area contributed by atoms with Crippen molar-refractivity contribution in [1.82, 2.24) is 0 Å². The van der Waals surface area contributed by atoms with Gasteiger partial charge in [0, 0.05) is 0 Å². The van der Waals surface area contributed by atoms with Gasteiger partial charge >= 0.3 is 5.97 Å². The third-order valence-corrected chi connectivity index (χ3v) is 3.97. The van der Waals surface area contributed by atoms with Crippen LogP contribution in [0.15, 0.2) is 0 Å². The van der Waals surface area contributed by atoms with E-state index in [-0.39, 0.29) is 11.4 Å². The summed E-state index contributed by atoms with van der Waals surface area (Å²) in [4.78, 5) is 11.4. The van der Waals surface area contributed by atoms with Gasteiger partial charge in [-0.05, 0) is 24.2 Å². The van der Waals surface area contributed by atoms with Crippen molar-refractivity contribution < 1.29 is 9.53 Å². The van der Waals surface area contributed by atoms with Gasteiger partial charge < -0.3 is 10.5 Å². The maximum Gasteiger partial charge on any atom is 0.323 e. The highest BCUT2D eigenvalue weighted by molar-refractivity contribution is 5.76. The van der Waals surface area contributed by atoms with E-state index in [1.807, 2.05) is 0 Å². The molecule has 94 valence electrons. The number of nitrogens with two attached hydrogens (primary N) is 1. The van der Waals surface area contributed by atoms with E-state index >= 15 is 0 Å². The van der Waals surface area contributed by atoms with E-state index in [9.17, 15) is 4.79 Å². The molecule has 1 aliphatic carbocycles. The van der Waals surface area contributed by atoms with Gasteiger partial charge in [-0.1, -0.05) is 39.5 Å². The molecule has 0 aliphatic heterocycles. The van der Waals surface area contributed by atoms with Gasteiger partial charge in [0.2, 0.25) is 0 Å². The summed E-state index contributed by atoms with van der Waals surface area (Å²) in [5.41, 5.74) is 5.76. The summed E-state index contributed by atoms with van der Waals surface area (Å²) in [7, 11) is 1.40. The summed E-state index contributed by atoms with van der Waals surface area (Å²) in [5.74, 6) is 0.556. The number of hydrogen-bond acceptors (Lipinski definition) is 3. The van der Waals surface area contributed by atoms with Gasteiger partial charge in [-0.25, -0.2) is 0 Å². The molecule has 1 aliphatic rings. The van der Waals surface area contributed by atoms with E-state index in [1.54, 1.807) is 0 Å². The monoisotopic (exact) mass is 227 g/mol. The quantitative estimate of drug-likeness (QED) is 0.734. The maximum absolute atomic E-state index is 11.4. The standard InChI is InChI=1S/C13H25NO2/c1-13(2,11(14)12(15)16-3)9-8-10-6-4-5-7-10/h10-11H,4-9,14H2,1-3H3. The molecule has 0 saturated heterocycles. The van der Waals surface area contributed by atoms with Crippen molar-refractivity contribution in [3.8, 4) is 0 Å². The highest BCUT2D eigenvalue weighted by atomic mass is 16.5. The largest absolute Gasteiger partial charge is 0.468 e. The molecule has 1 fully saturated rings. The number of carbonyl (C=O) groups is 1. The average Bonchev–Trinajstić information content (AvgIpc) is 2.77. The SMILES string of the molecule is COC(=O)C(N)C(C)(C)CCC1CCCC1. The second-order valence-corrected chi connectivity index (χ2v) is 5.68. The van der Waals surface area contributed by atoms with Crippen LogP contribution in [-0.4, -0.2) is 19.1 Å². The van der Waals surface area contributed by atoms with Gasteiger partial charge in [0.15, 0.2) is 0 Å². The Morgan fingerprint density at radius 3 is 2.50 bits per heavy atom. The van der Waals surface area contributed by atoms with E-state index in [1.165, 1.54) is 39.2 Å². The fraction of sp³-hybridized carbons (Fsp3) is 0.923. The Bertz CT molecular complexity index is 232. The van der Waals surface area contributed by atoms with Crippen LogP contribution in [-0.2, 0) is 9.53 Å². The Hall–Kier alpha value is -0.570. The van der Waals surface area contributed by atoms with E-state index in [0.29, 0.717) is 0 Å². The number of hydrogen-bond donors (Lipinski definition) is 1. The van der Waals surface area contributed by atoms with Crippen molar-refractivity contribution in [3.63, 3.8) is 0 Å². The molecule has 3 heteroatoms. The molecule has 1 atom stereocenters. The Kier molecular flexibility index (Phi) is 4.78. The van der Waals surface area contributed by atoms with Gasteiger partial charge in [-0.3, -0.25) is 4.79 Å². The summed E-state index contributed by atoms with van der Waals surface area (Å²) in [5, 5.41) is 0. The molecule has 1 saturated carbocycles. The zero-order valence-corrected chi connectivity index (χ0v) is 10.8. The minimum absolute atomic E-state index is 0.157. The van der Waals surface area contributed by atoms with Crippen LogP contribution in [0.4, 0.5) is 0 Å². The molecule has 1 rings (SSSR count). The Labute approximate surface area is 98.7 Å². The molecule has 16 heavy (non-hydrogen) atoms. The van der Waals surface area contributed by atoms with Crippen molar-refractivity contribution in [2.45, 2.75) is 58.4 Å². The molecular weight excluding hydrogens is 202 g/mol. The maximum atomic E-state index is 11.4. The fourth-order valence-corrected chi connectivity index (χ4v) is 2.48. The first-order chi connectivity index (χ1) is 7.47. The van der Waals surface area contributed by atoms with Crippen LogP contribution in [0.25, 0.3) is 0 Å². The van der Waals surface area contributed by atoms with Crippen molar-refractivity contribution in [2.24, 2.45) is 17.1 Å². The van der Waals surface area contributed by atoms with Crippen LogP contribution in [0.2, 0.25) is 0 Å². The summed E-state index contributed by atoms with van der Waals surface area (Å²) in [6.07, 6.45) is 7.64. The molecule has 3 nitrogen and oxygen atoms in total. The summed E-state index contributed by atoms with van der Waals surface area (Å²) in [6.45, 7) is 4.12. The lowest BCUT2D eigenvalue weighted by molar-refractivity contribution is -0.145. The lowest BCUT2D eigenvalue weighted by atomic mass is 9.78. The minimum Gasteiger partial charge on any atom is -0.468 e. The van der Waals surface area contributed by atoms with Crippen LogP contribution < -0.4 is 5.73 Å². The second kappa shape index (κ2) is 5.67. The molecule has 2 N–H and O–H groups in total. The van der Waals surface area contributed by atoms with Crippen LogP contribution >= 0.6 is 0 Å². The van der Waals surface area contributed by atoms with Crippen LogP contribution in [0.1, 0.15) is 52.4 Å². The predicted octanol–water partition coefficient (Wildman–Crippen LogP) is 2.48. The van der Waals surface area contributed by atoms with E-state index in [2.05, 4.69) is 13.8 Å². The highest BCUT2D eigenvalue weighted by Crippen LogP contribution is 2.34. The molecule has 0 spiro atoms. The van der Waals surface area contributed by atoms with Gasteiger partial charge in [0.1, 0.15) is 6.04 Å². The van der Waals surface area contributed by atoms with E-state index in [4.69, 9.17) is 10.5 Å². The van der Waals surface area contributed by atoms with Gasteiger partial charge in [-0.2, -0.15) is 0 Å². The second-order valence-electron chi connectivity index (χ2n) is 5.68. The molecule has 0 aromatic carbocycles. The first-order valence-corrected chi connectivity index (χ1v) is 6.31. The van der Waals surface area contributed by atoms with Crippen LogP contribution in [0.3, 0.4) is 0 Å². The van der Waals surface area contributed by atoms with E-state index in [0.717, 1.165) is 12.3 Å². The van der Waals surface area contributed by atoms with Crippen molar-refractivity contribution in [1.29, 1.82) is 0 Å². The Balaban J connectivity index is 2.40. The minimum atomic E-state index is -0.501. The van der Waals surface area contributed by atoms with Gasteiger partial charge in [-0.15, -0.1) is 0 Å². The molecule has 0 aromatic heterocycles. The van der Waals surface area contributed by atoms with Crippen molar-refractivity contribution in [3.05, 3.63) is 0 Å². The molecule has 0 aromatic rings. The number of rotatable bonds is 5. The molecule has 1 unspecified atom stereocenters. The topological polar surface area (TPSA) is 52.3 Å². The number of methoxy groups -OCH3 is 1. The predicted molar refractivity (Wildman–Crippen MR) is 65.0 cm³/mol. The van der Waals surface area contributed by atoms with Crippen LogP contribution in [0.5, 0.6) is 0 Å². The number of ether oxygens (including phenoxy) is 1. The number of esters is 1. The summed E-state index contributed by atoms with van der Waals surface area (Å²) in [6, 6.07) is -0.501. The summed E-state index contributed by atoms with van der Waals surface area (Å²) >= 11 is 0. The number of carbonyl (C=O) groups excluding carboxylic acids is 1. The normalized spacial score (nSPS) is 19.8. The lowest BCUT2D eigenvalue weighted by Crippen LogP contribution is -2.44. The molecule has 0 heterocycles. The van der Waals surface area contributed by atoms with Gasteiger partial charge in [0.05, 0.1) is 7.11 Å². The zero-order valence-electron chi connectivity index (χ0n) is 10.8. The summed E-state index contributed by atoms with van der Waals surface area (Å²) < 4.78 is 4.71. The molecule has 0 amide bonds. The first-order valence-electron chi connectivity index (χ1n) is 6.31. The third kappa shape index (κ3) is 3.48. The Morgan fingerprint density at radius 2 is 2.00 bits per heavy atom. The average molecular weight is 227 g/mol. The highest BCUT2D eigenvalue weighted by Gasteiger charge is 2.33. The van der Waals surface area contributed by atoms with Gasteiger partial charge in [0.25, 0.3) is 0 Å².